The number of carbonyl (C=O) groups is 1. The fourth-order valence-electron chi connectivity index (χ4n) is 3.41. The van der Waals surface area contributed by atoms with Gasteiger partial charge in [0, 0.05) is 37.1 Å². The van der Waals surface area contributed by atoms with Crippen LogP contribution in [0, 0.1) is 6.92 Å². The average molecular weight is 364 g/mol. The fourth-order valence-corrected chi connectivity index (χ4v) is 3.41. The molecule has 0 unspecified atom stereocenters. The zero-order valence-electron chi connectivity index (χ0n) is 15.2. The number of nitrogens with zero attached hydrogens (tertiary/aromatic N) is 5. The van der Waals surface area contributed by atoms with Crippen LogP contribution in [0.1, 0.15) is 41.0 Å². The van der Waals surface area contributed by atoms with Crippen LogP contribution in [0.4, 0.5) is 5.82 Å². The smallest absolute Gasteiger partial charge is 0.254 e. The van der Waals surface area contributed by atoms with E-state index in [1.54, 1.807) is 26.4 Å². The van der Waals surface area contributed by atoms with Crippen LogP contribution < -0.4 is 5.32 Å². The largest absolute Gasteiger partial charge is 0.371 e. The summed E-state index contributed by atoms with van der Waals surface area (Å²) < 4.78 is 5.31. The average Bonchev–Trinajstić information content (AvgIpc) is 3.36. The highest BCUT2D eigenvalue weighted by Crippen LogP contribution is 2.33. The highest BCUT2D eigenvalue weighted by Gasteiger charge is 2.34. The van der Waals surface area contributed by atoms with Crippen molar-refractivity contribution in [3.63, 3.8) is 0 Å². The molecule has 3 aromatic rings. The van der Waals surface area contributed by atoms with Gasteiger partial charge in [-0.3, -0.25) is 9.78 Å². The minimum absolute atomic E-state index is 0.0508. The van der Waals surface area contributed by atoms with E-state index < -0.39 is 0 Å². The van der Waals surface area contributed by atoms with Crippen LogP contribution in [0.5, 0.6) is 0 Å². The lowest BCUT2D eigenvalue weighted by Crippen LogP contribution is -2.30. The molecule has 8 nitrogen and oxygen atoms in total. The Balaban J connectivity index is 1.64. The van der Waals surface area contributed by atoms with E-state index in [4.69, 9.17) is 4.52 Å². The van der Waals surface area contributed by atoms with Crippen LogP contribution in [0.2, 0.25) is 0 Å². The molecule has 4 rings (SSSR count). The van der Waals surface area contributed by atoms with Gasteiger partial charge in [-0.1, -0.05) is 17.3 Å². The van der Waals surface area contributed by atoms with Crippen LogP contribution in [0.3, 0.4) is 0 Å². The summed E-state index contributed by atoms with van der Waals surface area (Å²) in [6.07, 6.45) is 5.00. The molecule has 0 radical (unpaired) electrons. The fraction of sp³-hybridized carbons (Fsp3) is 0.316. The minimum atomic E-state index is -0.174. The van der Waals surface area contributed by atoms with Crippen molar-refractivity contribution < 1.29 is 9.32 Å². The van der Waals surface area contributed by atoms with Gasteiger partial charge in [-0.15, -0.1) is 0 Å². The Morgan fingerprint density at radius 2 is 2.15 bits per heavy atom. The van der Waals surface area contributed by atoms with Gasteiger partial charge in [-0.05, 0) is 31.9 Å². The third-order valence-electron chi connectivity index (χ3n) is 4.66. The van der Waals surface area contributed by atoms with Crippen molar-refractivity contribution in [3.05, 3.63) is 53.9 Å². The quantitative estimate of drug-likeness (QED) is 0.760. The zero-order chi connectivity index (χ0) is 18.8. The van der Waals surface area contributed by atoms with Crippen molar-refractivity contribution in [2.75, 3.05) is 18.9 Å². The summed E-state index contributed by atoms with van der Waals surface area (Å²) in [5, 5.41) is 6.89. The molecule has 1 aliphatic heterocycles. The summed E-state index contributed by atoms with van der Waals surface area (Å²) in [5.41, 5.74) is 2.14. The summed E-state index contributed by atoms with van der Waals surface area (Å²) in [6.45, 7) is 2.44. The molecule has 27 heavy (non-hydrogen) atoms. The molecular weight excluding hydrogens is 344 g/mol. The van der Waals surface area contributed by atoms with Crippen molar-refractivity contribution in [2.45, 2.75) is 25.8 Å². The van der Waals surface area contributed by atoms with E-state index in [2.05, 4.69) is 25.4 Å². The lowest BCUT2D eigenvalue weighted by molar-refractivity contribution is 0.0710. The number of likely N-dealkylation sites (tertiary alicyclic amines) is 1. The molecule has 0 saturated carbocycles. The maximum Gasteiger partial charge on any atom is 0.254 e. The molecule has 1 aromatic carbocycles. The van der Waals surface area contributed by atoms with Gasteiger partial charge in [-0.2, -0.15) is 4.98 Å². The lowest BCUT2D eigenvalue weighted by Gasteiger charge is -2.22. The first kappa shape index (κ1) is 17.1. The summed E-state index contributed by atoms with van der Waals surface area (Å²) in [7, 11) is 1.80. The summed E-state index contributed by atoms with van der Waals surface area (Å²) in [4.78, 5) is 28.0. The molecule has 0 bridgehead atoms. The Bertz CT molecular complexity index is 970. The molecule has 1 fully saturated rings. The van der Waals surface area contributed by atoms with Gasteiger partial charge in [0.1, 0.15) is 11.7 Å². The van der Waals surface area contributed by atoms with Crippen LogP contribution in [0.25, 0.3) is 11.3 Å². The molecule has 0 aliphatic carbocycles. The number of benzene rings is 1. The van der Waals surface area contributed by atoms with Gasteiger partial charge in [0.2, 0.25) is 5.89 Å². The zero-order valence-corrected chi connectivity index (χ0v) is 15.2. The SMILES string of the molecule is CNc1nccnc1-c1cccc(C(=O)N2CCC[C@H]2c2nc(C)no2)c1. The third kappa shape index (κ3) is 3.25. The van der Waals surface area contributed by atoms with E-state index in [0.717, 1.165) is 18.4 Å². The Kier molecular flexibility index (Phi) is 4.53. The Labute approximate surface area is 156 Å². The molecule has 1 aliphatic rings. The van der Waals surface area contributed by atoms with Crippen molar-refractivity contribution in [1.82, 2.24) is 25.0 Å². The number of rotatable bonds is 4. The Morgan fingerprint density at radius 1 is 1.30 bits per heavy atom. The molecule has 1 amide bonds. The number of carbonyl (C=O) groups excluding carboxylic acids is 1. The second-order valence-corrected chi connectivity index (χ2v) is 6.42. The highest BCUT2D eigenvalue weighted by atomic mass is 16.5. The Morgan fingerprint density at radius 3 is 2.93 bits per heavy atom. The first-order valence-corrected chi connectivity index (χ1v) is 8.87. The first-order chi connectivity index (χ1) is 13.2. The van der Waals surface area contributed by atoms with E-state index in [9.17, 15) is 4.79 Å². The van der Waals surface area contributed by atoms with Crippen molar-refractivity contribution in [1.29, 1.82) is 0 Å². The Hall–Kier alpha value is -3.29. The van der Waals surface area contributed by atoms with Crippen LogP contribution >= 0.6 is 0 Å². The molecule has 1 N–H and O–H groups in total. The molecule has 3 heterocycles. The van der Waals surface area contributed by atoms with E-state index in [-0.39, 0.29) is 11.9 Å². The molecule has 1 saturated heterocycles. The highest BCUT2D eigenvalue weighted by molar-refractivity contribution is 5.96. The van der Waals surface area contributed by atoms with Gasteiger partial charge >= 0.3 is 0 Å². The van der Waals surface area contributed by atoms with E-state index >= 15 is 0 Å². The number of aryl methyl sites for hydroxylation is 1. The third-order valence-corrected chi connectivity index (χ3v) is 4.66. The van der Waals surface area contributed by atoms with Gasteiger partial charge in [-0.25, -0.2) is 4.98 Å². The number of aromatic nitrogens is 4. The second-order valence-electron chi connectivity index (χ2n) is 6.42. The van der Waals surface area contributed by atoms with Crippen molar-refractivity contribution >= 4 is 11.7 Å². The molecule has 0 spiro atoms. The van der Waals surface area contributed by atoms with Gasteiger partial charge in [0.25, 0.3) is 5.91 Å². The normalized spacial score (nSPS) is 16.5. The van der Waals surface area contributed by atoms with Gasteiger partial charge in [0.05, 0.1) is 0 Å². The number of amides is 1. The van der Waals surface area contributed by atoms with E-state index in [0.29, 0.717) is 35.3 Å². The molecule has 8 heteroatoms. The molecule has 138 valence electrons. The number of hydrogen-bond acceptors (Lipinski definition) is 7. The lowest BCUT2D eigenvalue weighted by atomic mass is 10.1. The van der Waals surface area contributed by atoms with Crippen LogP contribution in [-0.2, 0) is 0 Å². The number of anilines is 1. The number of hydrogen-bond donors (Lipinski definition) is 1. The molecule has 2 aromatic heterocycles. The molecule has 1 atom stereocenters. The first-order valence-electron chi connectivity index (χ1n) is 8.87. The van der Waals surface area contributed by atoms with Crippen LogP contribution in [0.15, 0.2) is 41.2 Å². The molecular formula is C19H20N6O2. The van der Waals surface area contributed by atoms with Crippen LogP contribution in [-0.4, -0.2) is 44.5 Å². The second kappa shape index (κ2) is 7.14. The maximum atomic E-state index is 13.2. The summed E-state index contributed by atoms with van der Waals surface area (Å²) >= 11 is 0. The maximum absolute atomic E-state index is 13.2. The predicted octanol–water partition coefficient (Wildman–Crippen LogP) is 2.85. The topological polar surface area (TPSA) is 97.0 Å². The number of nitrogens with one attached hydrogen (secondary N) is 1. The van der Waals surface area contributed by atoms with Crippen molar-refractivity contribution in [2.24, 2.45) is 0 Å². The van der Waals surface area contributed by atoms with E-state index in [1.807, 2.05) is 29.2 Å². The summed E-state index contributed by atoms with van der Waals surface area (Å²) in [5.74, 6) is 1.70. The predicted molar refractivity (Wildman–Crippen MR) is 99.1 cm³/mol. The standard InChI is InChI=1S/C19H20N6O2/c1-12-23-18(27-24-12)15-7-4-10-25(15)19(26)14-6-3-5-13(11-14)16-17(20-2)22-9-8-21-16/h3,5-6,8-9,11,15H,4,7,10H2,1-2H3,(H,20,22)/t15-/m0/s1. The van der Waals surface area contributed by atoms with Crippen molar-refractivity contribution in [3.8, 4) is 11.3 Å². The van der Waals surface area contributed by atoms with Gasteiger partial charge < -0.3 is 14.7 Å². The minimum Gasteiger partial charge on any atom is -0.371 e. The van der Waals surface area contributed by atoms with E-state index in [1.165, 1.54) is 0 Å². The van der Waals surface area contributed by atoms with Gasteiger partial charge in [0.15, 0.2) is 11.6 Å². The summed E-state index contributed by atoms with van der Waals surface area (Å²) in [6, 6.07) is 7.27. The monoisotopic (exact) mass is 364 g/mol.